The molecule has 5 heterocycles. The molecule has 4 N–H and O–H groups in total. The number of fused-ring (bicyclic) bond motifs is 1. The van der Waals surface area contributed by atoms with Gasteiger partial charge in [-0.25, -0.2) is 19.6 Å². The summed E-state index contributed by atoms with van der Waals surface area (Å²) in [5.41, 5.74) is 13.8. The van der Waals surface area contributed by atoms with E-state index in [1.807, 2.05) is 22.9 Å². The lowest BCUT2D eigenvalue weighted by molar-refractivity contribution is -0.127. The number of rotatable bonds is 5. The van der Waals surface area contributed by atoms with Crippen LogP contribution in [0.25, 0.3) is 32.2 Å². The van der Waals surface area contributed by atoms with Gasteiger partial charge in [0, 0.05) is 13.1 Å². The maximum atomic E-state index is 12.2. The summed E-state index contributed by atoms with van der Waals surface area (Å²) in [5, 5.41) is 5.57. The molecule has 1 unspecified atom stereocenters. The van der Waals surface area contributed by atoms with Gasteiger partial charge in [0.15, 0.2) is 5.65 Å². The highest BCUT2D eigenvalue weighted by Crippen LogP contribution is 2.39. The van der Waals surface area contributed by atoms with E-state index in [0.717, 1.165) is 22.6 Å². The second kappa shape index (κ2) is 8.67. The predicted molar refractivity (Wildman–Crippen MR) is 130 cm³/mol. The molecule has 5 rings (SSSR count). The summed E-state index contributed by atoms with van der Waals surface area (Å²) < 4.78 is 1.86. The number of amides is 2. The Morgan fingerprint density at radius 1 is 1.18 bits per heavy atom. The Balaban J connectivity index is 1.57. The third-order valence-corrected chi connectivity index (χ3v) is 6.95. The summed E-state index contributed by atoms with van der Waals surface area (Å²) in [4.78, 5) is 40.2. The molecule has 34 heavy (non-hydrogen) atoms. The first-order valence-corrected chi connectivity index (χ1v) is 11.6. The van der Waals surface area contributed by atoms with Crippen LogP contribution in [0.4, 0.5) is 5.82 Å². The number of pyridine rings is 1. The lowest BCUT2D eigenvalue weighted by Gasteiger charge is -2.32. The van der Waals surface area contributed by atoms with Crippen LogP contribution in [-0.4, -0.2) is 54.5 Å². The minimum atomic E-state index is -0.579. The van der Waals surface area contributed by atoms with Gasteiger partial charge in [0.25, 0.3) is 5.91 Å². The van der Waals surface area contributed by atoms with Crippen molar-refractivity contribution in [2.45, 2.75) is 18.9 Å². The van der Waals surface area contributed by atoms with Crippen LogP contribution in [0.5, 0.6) is 0 Å². The minimum absolute atomic E-state index is 0.0449. The minimum Gasteiger partial charge on any atom is -0.383 e. The van der Waals surface area contributed by atoms with Crippen LogP contribution in [0.1, 0.15) is 29.4 Å². The monoisotopic (exact) mass is 474 g/mol. The fourth-order valence-corrected chi connectivity index (χ4v) is 5.19. The lowest BCUT2D eigenvalue weighted by Crippen LogP contribution is -2.40. The van der Waals surface area contributed by atoms with Gasteiger partial charge in [-0.3, -0.25) is 9.59 Å². The number of nitrogens with two attached hydrogens (primary N) is 2. The summed E-state index contributed by atoms with van der Waals surface area (Å²) in [6.07, 6.45) is 4.48. The largest absolute Gasteiger partial charge is 0.383 e. The molecule has 0 saturated carbocycles. The van der Waals surface area contributed by atoms with Gasteiger partial charge in [-0.2, -0.15) is 5.10 Å². The third kappa shape index (κ3) is 3.79. The van der Waals surface area contributed by atoms with Crippen LogP contribution >= 0.6 is 11.3 Å². The Kier molecular flexibility index (Phi) is 5.54. The summed E-state index contributed by atoms with van der Waals surface area (Å²) in [6.45, 7) is 4.81. The number of primary amides is 1. The lowest BCUT2D eigenvalue weighted by atomic mass is 10.1. The van der Waals surface area contributed by atoms with Crippen molar-refractivity contribution in [1.29, 1.82) is 0 Å². The Bertz CT molecular complexity index is 1430. The van der Waals surface area contributed by atoms with Crippen molar-refractivity contribution < 1.29 is 9.59 Å². The van der Waals surface area contributed by atoms with E-state index in [0.29, 0.717) is 41.3 Å². The molecule has 2 amide bonds. The second-order valence-electron chi connectivity index (χ2n) is 7.97. The molecule has 0 spiro atoms. The molecule has 11 heteroatoms. The summed E-state index contributed by atoms with van der Waals surface area (Å²) in [6, 6.07) is 8.96. The zero-order valence-corrected chi connectivity index (χ0v) is 19.0. The smallest absolute Gasteiger partial charge is 0.267 e. The SMILES string of the molecule is C=CC(=O)N1CCCC(n2nc(-c3ccc(-c4cccc(C(N)=O)n4)s3)c3c(N)ncnc32)C1. The van der Waals surface area contributed by atoms with E-state index < -0.39 is 5.91 Å². The van der Waals surface area contributed by atoms with Gasteiger partial charge in [-0.15, -0.1) is 11.3 Å². The van der Waals surface area contributed by atoms with Gasteiger partial charge in [-0.1, -0.05) is 12.6 Å². The number of nitrogen functional groups attached to an aromatic ring is 1. The molecular weight excluding hydrogens is 452 g/mol. The van der Waals surface area contributed by atoms with Gasteiger partial charge in [0.05, 0.1) is 26.9 Å². The van der Waals surface area contributed by atoms with Crippen molar-refractivity contribution in [2.24, 2.45) is 5.73 Å². The van der Waals surface area contributed by atoms with E-state index in [4.69, 9.17) is 16.6 Å². The van der Waals surface area contributed by atoms with Gasteiger partial charge in [-0.05, 0) is 43.2 Å². The molecular formula is C23H22N8O2S. The van der Waals surface area contributed by atoms with Crippen molar-refractivity contribution in [3.8, 4) is 21.1 Å². The van der Waals surface area contributed by atoms with Crippen molar-refractivity contribution in [3.05, 3.63) is 55.0 Å². The van der Waals surface area contributed by atoms with Crippen molar-refractivity contribution in [3.63, 3.8) is 0 Å². The highest BCUT2D eigenvalue weighted by molar-refractivity contribution is 7.18. The summed E-state index contributed by atoms with van der Waals surface area (Å²) in [7, 11) is 0. The molecule has 0 aromatic carbocycles. The molecule has 4 aromatic heterocycles. The standard InChI is InChI=1S/C23H22N8O2S/c1-2-18(32)30-10-4-5-13(11-30)31-23-19(21(24)26-12-27-23)20(29-31)17-9-8-16(34-17)14-6-3-7-15(28-14)22(25)33/h2-3,6-9,12-13H,1,4-5,10-11H2,(H2,25,33)(H2,24,26,27). The molecule has 1 atom stereocenters. The number of aromatic nitrogens is 5. The maximum Gasteiger partial charge on any atom is 0.267 e. The number of carbonyl (C=O) groups is 2. The van der Waals surface area contributed by atoms with Crippen LogP contribution in [0, 0.1) is 0 Å². The van der Waals surface area contributed by atoms with Gasteiger partial charge >= 0.3 is 0 Å². The maximum absolute atomic E-state index is 12.2. The fourth-order valence-electron chi connectivity index (χ4n) is 4.22. The zero-order chi connectivity index (χ0) is 23.8. The first-order chi connectivity index (χ1) is 16.5. The molecule has 4 aromatic rings. The average molecular weight is 475 g/mol. The number of likely N-dealkylation sites (tertiary alicyclic amines) is 1. The van der Waals surface area contributed by atoms with Crippen LogP contribution in [0.15, 0.2) is 49.3 Å². The molecule has 10 nitrogen and oxygen atoms in total. The Hall–Kier alpha value is -4.12. The van der Waals surface area contributed by atoms with Crippen molar-refractivity contribution in [2.75, 3.05) is 18.8 Å². The average Bonchev–Trinajstić information content (AvgIpc) is 3.50. The van der Waals surface area contributed by atoms with Crippen LogP contribution < -0.4 is 11.5 Å². The summed E-state index contributed by atoms with van der Waals surface area (Å²) >= 11 is 1.47. The number of carbonyl (C=O) groups excluding carboxylic acids is 2. The highest BCUT2D eigenvalue weighted by atomic mass is 32.1. The number of hydrogen-bond acceptors (Lipinski definition) is 8. The van der Waals surface area contributed by atoms with E-state index in [1.165, 1.54) is 23.7 Å². The van der Waals surface area contributed by atoms with Crippen LogP contribution in [0.3, 0.4) is 0 Å². The Labute approximate surface area is 198 Å². The van der Waals surface area contributed by atoms with Gasteiger partial charge in [0.2, 0.25) is 5.91 Å². The fraction of sp³-hybridized carbons (Fsp3) is 0.217. The first-order valence-electron chi connectivity index (χ1n) is 10.7. The summed E-state index contributed by atoms with van der Waals surface area (Å²) in [5.74, 6) is -0.334. The van der Waals surface area contributed by atoms with E-state index >= 15 is 0 Å². The molecule has 1 aliphatic rings. The van der Waals surface area contributed by atoms with Crippen LogP contribution in [0.2, 0.25) is 0 Å². The van der Waals surface area contributed by atoms with Crippen molar-refractivity contribution in [1.82, 2.24) is 29.6 Å². The van der Waals surface area contributed by atoms with Gasteiger partial charge < -0.3 is 16.4 Å². The quantitative estimate of drug-likeness (QED) is 0.423. The van der Waals surface area contributed by atoms with Crippen molar-refractivity contribution >= 4 is 40.0 Å². The first kappa shape index (κ1) is 21.7. The number of thiophene rings is 1. The van der Waals surface area contributed by atoms with E-state index in [2.05, 4.69) is 21.5 Å². The Morgan fingerprint density at radius 2 is 2.00 bits per heavy atom. The second-order valence-corrected chi connectivity index (χ2v) is 9.06. The molecule has 1 saturated heterocycles. The molecule has 0 bridgehead atoms. The Morgan fingerprint density at radius 3 is 2.79 bits per heavy atom. The number of piperidine rings is 1. The van der Waals surface area contributed by atoms with Crippen LogP contribution in [-0.2, 0) is 4.79 Å². The zero-order valence-electron chi connectivity index (χ0n) is 18.2. The predicted octanol–water partition coefficient (Wildman–Crippen LogP) is 2.65. The number of nitrogens with zero attached hydrogens (tertiary/aromatic N) is 6. The molecule has 1 aliphatic heterocycles. The molecule has 0 aliphatic carbocycles. The van der Waals surface area contributed by atoms with E-state index in [1.54, 1.807) is 17.0 Å². The highest BCUT2D eigenvalue weighted by Gasteiger charge is 2.28. The molecule has 1 fully saturated rings. The number of anilines is 1. The van der Waals surface area contributed by atoms with Gasteiger partial charge in [0.1, 0.15) is 23.5 Å². The molecule has 172 valence electrons. The molecule has 0 radical (unpaired) electrons. The third-order valence-electron chi connectivity index (χ3n) is 5.84. The number of hydrogen-bond donors (Lipinski definition) is 2. The van der Waals surface area contributed by atoms with E-state index in [9.17, 15) is 9.59 Å². The normalized spacial score (nSPS) is 16.0. The van der Waals surface area contributed by atoms with E-state index in [-0.39, 0.29) is 17.6 Å². The topological polar surface area (TPSA) is 146 Å².